The van der Waals surface area contributed by atoms with E-state index in [1.807, 2.05) is 18.2 Å². The highest BCUT2D eigenvalue weighted by Gasteiger charge is 2.49. The molecule has 3 fully saturated rings. The number of esters is 1. The zero-order valence-corrected chi connectivity index (χ0v) is 14.7. The summed E-state index contributed by atoms with van der Waals surface area (Å²) in [6.45, 7) is 2.33. The van der Waals surface area contributed by atoms with Crippen LogP contribution in [0.5, 0.6) is 0 Å². The Kier molecular flexibility index (Phi) is 4.38. The summed E-state index contributed by atoms with van der Waals surface area (Å²) in [4.78, 5) is 15.6. The number of hydrogen-bond donors (Lipinski definition) is 0. The van der Waals surface area contributed by atoms with Crippen LogP contribution in [0.4, 0.5) is 0 Å². The Bertz CT molecular complexity index is 579. The summed E-state index contributed by atoms with van der Waals surface area (Å²) in [5, 5.41) is 0. The number of likely N-dealkylation sites (tertiary alicyclic amines) is 1. The van der Waals surface area contributed by atoms with Gasteiger partial charge < -0.3 is 9.64 Å². The lowest BCUT2D eigenvalue weighted by Gasteiger charge is -2.44. The molecule has 4 rings (SSSR count). The van der Waals surface area contributed by atoms with Crippen LogP contribution in [-0.2, 0) is 14.9 Å². The largest absolute Gasteiger partial charge is 0.461 e. The second-order valence-corrected chi connectivity index (χ2v) is 8.14. The van der Waals surface area contributed by atoms with E-state index in [1.54, 1.807) is 0 Å². The van der Waals surface area contributed by atoms with Crippen molar-refractivity contribution < 1.29 is 9.53 Å². The monoisotopic (exact) mass is 327 g/mol. The van der Waals surface area contributed by atoms with Crippen molar-refractivity contribution in [3.05, 3.63) is 35.9 Å². The number of carbonyl (C=O) groups is 1. The number of hydrogen-bond acceptors (Lipinski definition) is 3. The summed E-state index contributed by atoms with van der Waals surface area (Å²) in [5.74, 6) is 1.41. The first-order valence-corrected chi connectivity index (χ1v) is 9.64. The van der Waals surface area contributed by atoms with Gasteiger partial charge in [0.25, 0.3) is 0 Å². The van der Waals surface area contributed by atoms with Crippen LogP contribution in [0.15, 0.2) is 30.3 Å². The molecule has 0 bridgehead atoms. The number of ether oxygens (including phenoxy) is 1. The molecule has 24 heavy (non-hydrogen) atoms. The standard InChI is InChI=1S/C21H29NO2/c1-22-13-9-16-15-19(18(16)10-14-22)24-20(23)21(11-5-6-12-21)17-7-3-2-4-8-17/h2-4,7-8,16,18-19H,5-6,9-15H2,1H3/t16?,18?,19-/m0/s1. The van der Waals surface area contributed by atoms with Crippen molar-refractivity contribution in [2.45, 2.75) is 56.5 Å². The number of rotatable bonds is 3. The zero-order valence-electron chi connectivity index (χ0n) is 14.7. The fraction of sp³-hybridized carbons (Fsp3) is 0.667. The molecule has 0 radical (unpaired) electrons. The molecule has 3 atom stereocenters. The van der Waals surface area contributed by atoms with Crippen LogP contribution in [0, 0.1) is 11.8 Å². The molecule has 3 heteroatoms. The highest BCUT2D eigenvalue weighted by molar-refractivity contribution is 5.84. The number of fused-ring (bicyclic) bond motifs is 1. The SMILES string of the molecule is CN1CCC2C[C@H](OC(=O)C3(c4ccccc4)CCCC3)C2CC1. The van der Waals surface area contributed by atoms with Crippen molar-refractivity contribution in [1.82, 2.24) is 4.90 Å². The van der Waals surface area contributed by atoms with E-state index in [-0.39, 0.29) is 17.5 Å². The Hall–Kier alpha value is -1.35. The second kappa shape index (κ2) is 6.51. The maximum Gasteiger partial charge on any atom is 0.316 e. The van der Waals surface area contributed by atoms with Crippen LogP contribution in [0.3, 0.4) is 0 Å². The summed E-state index contributed by atoms with van der Waals surface area (Å²) in [5.41, 5.74) is 0.775. The molecule has 2 aliphatic carbocycles. The van der Waals surface area contributed by atoms with Gasteiger partial charge in [-0.25, -0.2) is 0 Å². The van der Waals surface area contributed by atoms with E-state index >= 15 is 0 Å². The summed E-state index contributed by atoms with van der Waals surface area (Å²) < 4.78 is 6.13. The molecule has 3 aliphatic rings. The molecule has 0 spiro atoms. The van der Waals surface area contributed by atoms with Gasteiger partial charge in [0.15, 0.2) is 0 Å². The van der Waals surface area contributed by atoms with Gasteiger partial charge in [0, 0.05) is 5.92 Å². The molecule has 0 aromatic heterocycles. The minimum atomic E-state index is -0.381. The Morgan fingerprint density at radius 1 is 1.12 bits per heavy atom. The fourth-order valence-electron chi connectivity index (χ4n) is 5.11. The van der Waals surface area contributed by atoms with Gasteiger partial charge in [0.1, 0.15) is 6.10 Å². The molecule has 1 aromatic rings. The number of carbonyl (C=O) groups excluding carboxylic acids is 1. The third-order valence-corrected chi connectivity index (χ3v) is 6.78. The van der Waals surface area contributed by atoms with Gasteiger partial charge in [0.05, 0.1) is 5.41 Å². The lowest BCUT2D eigenvalue weighted by atomic mass is 9.68. The van der Waals surface area contributed by atoms with E-state index in [4.69, 9.17) is 4.74 Å². The van der Waals surface area contributed by atoms with E-state index in [2.05, 4.69) is 24.1 Å². The van der Waals surface area contributed by atoms with Crippen LogP contribution in [-0.4, -0.2) is 37.1 Å². The van der Waals surface area contributed by atoms with Gasteiger partial charge >= 0.3 is 5.97 Å². The maximum absolute atomic E-state index is 13.2. The lowest BCUT2D eigenvalue weighted by Crippen LogP contribution is -2.47. The Morgan fingerprint density at radius 3 is 2.58 bits per heavy atom. The quantitative estimate of drug-likeness (QED) is 0.792. The van der Waals surface area contributed by atoms with Gasteiger partial charge in [-0.05, 0) is 63.7 Å². The van der Waals surface area contributed by atoms with E-state index in [0.29, 0.717) is 5.92 Å². The molecule has 2 unspecified atom stereocenters. The van der Waals surface area contributed by atoms with E-state index in [1.165, 1.54) is 19.4 Å². The first-order chi connectivity index (χ1) is 11.7. The predicted molar refractivity (Wildman–Crippen MR) is 94.8 cm³/mol. The predicted octanol–water partition coefficient (Wildman–Crippen LogP) is 3.77. The lowest BCUT2D eigenvalue weighted by molar-refractivity contribution is -0.170. The number of nitrogens with zero attached hydrogens (tertiary/aromatic N) is 1. The Morgan fingerprint density at radius 2 is 1.83 bits per heavy atom. The highest BCUT2D eigenvalue weighted by atomic mass is 16.5. The molecule has 2 saturated carbocycles. The average Bonchev–Trinajstić information content (AvgIpc) is 3.04. The van der Waals surface area contributed by atoms with E-state index < -0.39 is 0 Å². The van der Waals surface area contributed by atoms with Crippen molar-refractivity contribution in [3.63, 3.8) is 0 Å². The molecule has 130 valence electrons. The van der Waals surface area contributed by atoms with Gasteiger partial charge in [0.2, 0.25) is 0 Å². The first kappa shape index (κ1) is 16.1. The van der Waals surface area contributed by atoms with Crippen molar-refractivity contribution >= 4 is 5.97 Å². The van der Waals surface area contributed by atoms with Crippen molar-refractivity contribution in [2.24, 2.45) is 11.8 Å². The number of benzene rings is 1. The van der Waals surface area contributed by atoms with E-state index in [9.17, 15) is 4.79 Å². The molecule has 0 N–H and O–H groups in total. The summed E-state index contributed by atoms with van der Waals surface area (Å²) in [6.07, 6.45) is 7.83. The van der Waals surface area contributed by atoms with Crippen LogP contribution < -0.4 is 0 Å². The third-order valence-electron chi connectivity index (χ3n) is 6.78. The van der Waals surface area contributed by atoms with Gasteiger partial charge in [-0.15, -0.1) is 0 Å². The topological polar surface area (TPSA) is 29.5 Å². The van der Waals surface area contributed by atoms with Crippen LogP contribution in [0.1, 0.15) is 50.5 Å². The molecular formula is C21H29NO2. The molecule has 0 amide bonds. The van der Waals surface area contributed by atoms with Crippen molar-refractivity contribution in [1.29, 1.82) is 0 Å². The zero-order chi connectivity index (χ0) is 16.6. The molecule has 3 nitrogen and oxygen atoms in total. The highest BCUT2D eigenvalue weighted by Crippen LogP contribution is 2.47. The van der Waals surface area contributed by atoms with Gasteiger partial charge in [-0.1, -0.05) is 43.2 Å². The van der Waals surface area contributed by atoms with Gasteiger partial charge in [-0.3, -0.25) is 4.79 Å². The minimum absolute atomic E-state index is 0.0484. The summed E-state index contributed by atoms with van der Waals surface area (Å²) >= 11 is 0. The fourth-order valence-corrected chi connectivity index (χ4v) is 5.11. The molecule has 1 heterocycles. The smallest absolute Gasteiger partial charge is 0.316 e. The Balaban J connectivity index is 1.47. The molecule has 1 saturated heterocycles. The van der Waals surface area contributed by atoms with Crippen LogP contribution in [0.2, 0.25) is 0 Å². The van der Waals surface area contributed by atoms with E-state index in [0.717, 1.165) is 50.1 Å². The van der Waals surface area contributed by atoms with Crippen molar-refractivity contribution in [3.8, 4) is 0 Å². The normalized spacial score (nSPS) is 32.5. The first-order valence-electron chi connectivity index (χ1n) is 9.64. The van der Waals surface area contributed by atoms with Crippen LogP contribution in [0.25, 0.3) is 0 Å². The third kappa shape index (κ3) is 2.77. The van der Waals surface area contributed by atoms with Gasteiger partial charge in [-0.2, -0.15) is 0 Å². The van der Waals surface area contributed by atoms with Crippen LogP contribution >= 0.6 is 0 Å². The maximum atomic E-state index is 13.2. The average molecular weight is 327 g/mol. The molecular weight excluding hydrogens is 298 g/mol. The minimum Gasteiger partial charge on any atom is -0.461 e. The van der Waals surface area contributed by atoms with Crippen molar-refractivity contribution in [2.75, 3.05) is 20.1 Å². The Labute approximate surface area is 145 Å². The molecule has 1 aromatic carbocycles. The summed E-state index contributed by atoms with van der Waals surface area (Å²) in [6, 6.07) is 10.3. The molecule has 1 aliphatic heterocycles. The second-order valence-electron chi connectivity index (χ2n) is 8.14. The summed E-state index contributed by atoms with van der Waals surface area (Å²) in [7, 11) is 2.20.